The number of nitrogens with one attached hydrogen (secondary N) is 1. The molecule has 0 aromatic heterocycles. The Balaban J connectivity index is 1.69. The molecule has 1 atom stereocenters. The Labute approximate surface area is 121 Å². The summed E-state index contributed by atoms with van der Waals surface area (Å²) in [6.07, 6.45) is 6.32. The molecule has 1 aliphatic carbocycles. The average molecular weight is 282 g/mol. The number of ether oxygens (including phenoxy) is 1. The summed E-state index contributed by atoms with van der Waals surface area (Å²) in [4.78, 5) is 0. The Hall–Kier alpha value is -0.730. The van der Waals surface area contributed by atoms with E-state index in [0.717, 1.165) is 30.7 Å². The predicted octanol–water partition coefficient (Wildman–Crippen LogP) is 4.06. The Bertz CT molecular complexity index is 404. The van der Waals surface area contributed by atoms with Crippen LogP contribution in [0.4, 0.5) is 0 Å². The molecule has 1 unspecified atom stereocenters. The molecule has 19 heavy (non-hydrogen) atoms. The standard InChI is InChI=1S/C16H24ClNO/c1-12(9-10-18-14-6-7-14)3-4-13-5-8-16(19-2)15(17)11-13/h5,8,11-12,14,18H,3-4,6-7,9-10H2,1-2H3. The molecule has 2 nitrogen and oxygen atoms in total. The van der Waals surface area contributed by atoms with Crippen LogP contribution in [0.2, 0.25) is 5.02 Å². The van der Waals surface area contributed by atoms with Crippen molar-refractivity contribution in [3.8, 4) is 5.75 Å². The number of hydrogen-bond donors (Lipinski definition) is 1. The summed E-state index contributed by atoms with van der Waals surface area (Å²) in [7, 11) is 1.65. The molecule has 0 amide bonds. The van der Waals surface area contributed by atoms with E-state index in [0.29, 0.717) is 5.02 Å². The van der Waals surface area contributed by atoms with E-state index < -0.39 is 0 Å². The third kappa shape index (κ3) is 5.04. The zero-order valence-electron chi connectivity index (χ0n) is 11.9. The van der Waals surface area contributed by atoms with Crippen LogP contribution in [-0.4, -0.2) is 19.7 Å². The van der Waals surface area contributed by atoms with Crippen LogP contribution in [0.25, 0.3) is 0 Å². The van der Waals surface area contributed by atoms with Crippen molar-refractivity contribution in [1.29, 1.82) is 0 Å². The van der Waals surface area contributed by atoms with Gasteiger partial charge in [0.15, 0.2) is 0 Å². The van der Waals surface area contributed by atoms with Crippen molar-refractivity contribution in [2.75, 3.05) is 13.7 Å². The normalized spacial score (nSPS) is 16.4. The minimum Gasteiger partial charge on any atom is -0.495 e. The van der Waals surface area contributed by atoms with Crippen LogP contribution in [0, 0.1) is 5.92 Å². The summed E-state index contributed by atoms with van der Waals surface area (Å²) >= 11 is 6.14. The molecule has 1 aromatic carbocycles. The van der Waals surface area contributed by atoms with Gasteiger partial charge in [-0.1, -0.05) is 24.6 Å². The molecule has 0 bridgehead atoms. The topological polar surface area (TPSA) is 21.3 Å². The van der Waals surface area contributed by atoms with Gasteiger partial charge in [-0.15, -0.1) is 0 Å². The van der Waals surface area contributed by atoms with Crippen LogP contribution in [-0.2, 0) is 6.42 Å². The highest BCUT2D eigenvalue weighted by Crippen LogP contribution is 2.26. The Morgan fingerprint density at radius 1 is 1.37 bits per heavy atom. The first-order chi connectivity index (χ1) is 9.19. The van der Waals surface area contributed by atoms with Crippen LogP contribution in [0.5, 0.6) is 5.75 Å². The lowest BCUT2D eigenvalue weighted by molar-refractivity contribution is 0.414. The molecule has 106 valence electrons. The van der Waals surface area contributed by atoms with E-state index in [4.69, 9.17) is 16.3 Å². The maximum atomic E-state index is 6.14. The maximum Gasteiger partial charge on any atom is 0.137 e. The summed E-state index contributed by atoms with van der Waals surface area (Å²) in [5.74, 6) is 1.51. The predicted molar refractivity (Wildman–Crippen MR) is 81.1 cm³/mol. The summed E-state index contributed by atoms with van der Waals surface area (Å²) in [5.41, 5.74) is 1.30. The van der Waals surface area contributed by atoms with Crippen molar-refractivity contribution in [2.24, 2.45) is 5.92 Å². The van der Waals surface area contributed by atoms with Gasteiger partial charge in [0.05, 0.1) is 12.1 Å². The number of halogens is 1. The van der Waals surface area contributed by atoms with Gasteiger partial charge in [-0.25, -0.2) is 0 Å². The van der Waals surface area contributed by atoms with Crippen LogP contribution in [0.1, 0.15) is 38.2 Å². The van der Waals surface area contributed by atoms with E-state index in [2.05, 4.69) is 18.3 Å². The second kappa shape index (κ2) is 7.16. The molecule has 2 rings (SSSR count). The lowest BCUT2D eigenvalue weighted by Crippen LogP contribution is -2.19. The molecular formula is C16H24ClNO. The van der Waals surface area contributed by atoms with Gasteiger partial charge in [0, 0.05) is 6.04 Å². The van der Waals surface area contributed by atoms with E-state index in [9.17, 15) is 0 Å². The van der Waals surface area contributed by atoms with Gasteiger partial charge in [0.1, 0.15) is 5.75 Å². The van der Waals surface area contributed by atoms with Gasteiger partial charge in [0.2, 0.25) is 0 Å². The van der Waals surface area contributed by atoms with Crippen molar-refractivity contribution < 1.29 is 4.74 Å². The summed E-state index contributed by atoms with van der Waals surface area (Å²) < 4.78 is 5.17. The zero-order chi connectivity index (χ0) is 13.7. The highest BCUT2D eigenvalue weighted by atomic mass is 35.5. The smallest absolute Gasteiger partial charge is 0.137 e. The minimum atomic E-state index is 0.711. The molecule has 0 aliphatic heterocycles. The molecule has 0 radical (unpaired) electrons. The molecular weight excluding hydrogens is 258 g/mol. The largest absolute Gasteiger partial charge is 0.495 e. The molecule has 1 aromatic rings. The van der Waals surface area contributed by atoms with Gasteiger partial charge in [-0.3, -0.25) is 0 Å². The molecule has 1 N–H and O–H groups in total. The highest BCUT2D eigenvalue weighted by molar-refractivity contribution is 6.32. The number of hydrogen-bond acceptors (Lipinski definition) is 2. The van der Waals surface area contributed by atoms with Gasteiger partial charge in [-0.05, 0) is 62.3 Å². The third-order valence-electron chi connectivity index (χ3n) is 3.79. The first-order valence-corrected chi connectivity index (χ1v) is 7.62. The van der Waals surface area contributed by atoms with Crippen molar-refractivity contribution in [3.63, 3.8) is 0 Å². The molecule has 1 fully saturated rings. The van der Waals surface area contributed by atoms with Gasteiger partial charge >= 0.3 is 0 Å². The first-order valence-electron chi connectivity index (χ1n) is 7.25. The fraction of sp³-hybridized carbons (Fsp3) is 0.625. The summed E-state index contributed by atoms with van der Waals surface area (Å²) in [5, 5.41) is 4.28. The van der Waals surface area contributed by atoms with Crippen LogP contribution in [0.15, 0.2) is 18.2 Å². The van der Waals surface area contributed by atoms with Gasteiger partial charge in [-0.2, -0.15) is 0 Å². The second-order valence-corrected chi connectivity index (χ2v) is 6.04. The van der Waals surface area contributed by atoms with Crippen LogP contribution >= 0.6 is 11.6 Å². The quantitative estimate of drug-likeness (QED) is 0.776. The Morgan fingerprint density at radius 2 is 2.16 bits per heavy atom. The number of rotatable bonds is 8. The lowest BCUT2D eigenvalue weighted by atomic mass is 9.98. The highest BCUT2D eigenvalue weighted by Gasteiger charge is 2.19. The van der Waals surface area contributed by atoms with Crippen molar-refractivity contribution in [2.45, 2.75) is 45.1 Å². The fourth-order valence-electron chi connectivity index (χ4n) is 2.24. The number of methoxy groups -OCH3 is 1. The van der Waals surface area contributed by atoms with E-state index in [1.807, 2.05) is 12.1 Å². The molecule has 3 heteroatoms. The summed E-state index contributed by atoms with van der Waals surface area (Å²) in [6.45, 7) is 3.49. The van der Waals surface area contributed by atoms with Crippen molar-refractivity contribution >= 4 is 11.6 Å². The SMILES string of the molecule is COc1ccc(CCC(C)CCNC2CC2)cc1Cl. The zero-order valence-corrected chi connectivity index (χ0v) is 12.7. The van der Waals surface area contributed by atoms with Gasteiger partial charge < -0.3 is 10.1 Å². The Kier molecular flexibility index (Phi) is 5.53. The molecule has 1 aliphatic rings. The van der Waals surface area contributed by atoms with E-state index in [-0.39, 0.29) is 0 Å². The molecule has 0 heterocycles. The second-order valence-electron chi connectivity index (χ2n) is 5.63. The molecule has 1 saturated carbocycles. The monoisotopic (exact) mass is 281 g/mol. The van der Waals surface area contributed by atoms with Crippen molar-refractivity contribution in [3.05, 3.63) is 28.8 Å². The Morgan fingerprint density at radius 3 is 2.79 bits per heavy atom. The van der Waals surface area contributed by atoms with Gasteiger partial charge in [0.25, 0.3) is 0 Å². The third-order valence-corrected chi connectivity index (χ3v) is 4.08. The maximum absolute atomic E-state index is 6.14. The van der Waals surface area contributed by atoms with E-state index in [1.165, 1.54) is 31.2 Å². The summed E-state index contributed by atoms with van der Waals surface area (Å²) in [6, 6.07) is 6.92. The lowest BCUT2D eigenvalue weighted by Gasteiger charge is -2.12. The average Bonchev–Trinajstić information content (AvgIpc) is 3.20. The number of benzene rings is 1. The number of aryl methyl sites for hydroxylation is 1. The van der Waals surface area contributed by atoms with Crippen LogP contribution < -0.4 is 10.1 Å². The van der Waals surface area contributed by atoms with E-state index in [1.54, 1.807) is 7.11 Å². The van der Waals surface area contributed by atoms with Crippen molar-refractivity contribution in [1.82, 2.24) is 5.32 Å². The molecule has 0 saturated heterocycles. The minimum absolute atomic E-state index is 0.711. The molecule has 0 spiro atoms. The first kappa shape index (κ1) is 14.7. The van der Waals surface area contributed by atoms with E-state index >= 15 is 0 Å². The fourth-order valence-corrected chi connectivity index (χ4v) is 2.52. The van der Waals surface area contributed by atoms with Crippen LogP contribution in [0.3, 0.4) is 0 Å².